The molecular formula is C50H35N3S. The van der Waals surface area contributed by atoms with Crippen LogP contribution in [0.2, 0.25) is 0 Å². The summed E-state index contributed by atoms with van der Waals surface area (Å²) in [6.45, 7) is 0. The predicted octanol–water partition coefficient (Wildman–Crippen LogP) is 13.0. The standard InChI is InChI=1S/C50H35N3S/c51-50(34-13-3-1-4-14-34)52-45(29-24-33-23-26-43-42-20-10-12-22-48(42)54-49(43)31-33)40-28-27-37(38-17-7-8-18-39(38)40)35-25-30-47-44(32-35)41-19-9-11-21-46(41)53(47)36-15-5-2-6-16-36/h1-23,25-32H,24H2,(H2,51,52)/b45-29-. The van der Waals surface area contributed by atoms with Crippen molar-refractivity contribution in [1.29, 1.82) is 0 Å². The van der Waals surface area contributed by atoms with E-state index in [1.807, 2.05) is 41.7 Å². The zero-order valence-corrected chi connectivity index (χ0v) is 30.3. The molecule has 2 heterocycles. The summed E-state index contributed by atoms with van der Waals surface area (Å²) in [7, 11) is 0. The third-order valence-electron chi connectivity index (χ3n) is 10.5. The van der Waals surface area contributed by atoms with E-state index < -0.39 is 0 Å². The molecule has 0 spiro atoms. The first kappa shape index (κ1) is 31.9. The molecule has 2 aromatic heterocycles. The number of hydrogen-bond acceptors (Lipinski definition) is 2. The molecule has 0 saturated carbocycles. The lowest BCUT2D eigenvalue weighted by Crippen LogP contribution is -2.13. The lowest BCUT2D eigenvalue weighted by Gasteiger charge is -2.14. The van der Waals surface area contributed by atoms with Crippen molar-refractivity contribution in [2.24, 2.45) is 10.7 Å². The van der Waals surface area contributed by atoms with E-state index in [0.717, 1.165) is 34.3 Å². The molecule has 0 aliphatic carbocycles. The number of amidine groups is 1. The van der Waals surface area contributed by atoms with Crippen molar-refractivity contribution < 1.29 is 0 Å². The van der Waals surface area contributed by atoms with Gasteiger partial charge in [-0.25, -0.2) is 4.99 Å². The second-order valence-corrected chi connectivity index (χ2v) is 14.8. The molecular weight excluding hydrogens is 675 g/mol. The maximum absolute atomic E-state index is 6.74. The van der Waals surface area contributed by atoms with Crippen LogP contribution in [-0.4, -0.2) is 10.4 Å². The van der Waals surface area contributed by atoms with E-state index in [1.54, 1.807) is 0 Å². The SMILES string of the molecule is NC(=N/C(=C\Cc1ccc2c(c1)sc1ccccc12)c1ccc(-c2ccc3c(c2)c2ccccc2n3-c2ccccc2)c2ccccc12)c1ccccc1. The summed E-state index contributed by atoms with van der Waals surface area (Å²) in [5.41, 5.74) is 16.7. The summed E-state index contributed by atoms with van der Waals surface area (Å²) in [6.07, 6.45) is 2.96. The summed E-state index contributed by atoms with van der Waals surface area (Å²) < 4.78 is 4.98. The molecule has 0 saturated heterocycles. The minimum Gasteiger partial charge on any atom is -0.383 e. The summed E-state index contributed by atoms with van der Waals surface area (Å²) >= 11 is 1.85. The Balaban J connectivity index is 1.10. The van der Waals surface area contributed by atoms with Crippen LogP contribution in [0.3, 0.4) is 0 Å². The van der Waals surface area contributed by atoms with Crippen LogP contribution in [0.25, 0.3) is 75.3 Å². The first-order valence-electron chi connectivity index (χ1n) is 18.3. The van der Waals surface area contributed by atoms with E-state index in [4.69, 9.17) is 10.7 Å². The number of aliphatic imine (C=N–C) groups is 1. The normalized spacial score (nSPS) is 12.4. The molecule has 0 unspecified atom stereocenters. The van der Waals surface area contributed by atoms with Crippen molar-refractivity contribution >= 4 is 75.6 Å². The molecule has 0 atom stereocenters. The van der Waals surface area contributed by atoms with Crippen molar-refractivity contribution in [1.82, 2.24) is 4.57 Å². The number of para-hydroxylation sites is 2. The molecule has 3 nitrogen and oxygen atoms in total. The average molecular weight is 710 g/mol. The fourth-order valence-electron chi connectivity index (χ4n) is 7.90. The van der Waals surface area contributed by atoms with Gasteiger partial charge in [0.1, 0.15) is 5.84 Å². The molecule has 0 fully saturated rings. The minimum absolute atomic E-state index is 0.496. The van der Waals surface area contributed by atoms with Gasteiger partial charge >= 0.3 is 0 Å². The first-order chi connectivity index (χ1) is 26.7. The topological polar surface area (TPSA) is 43.3 Å². The molecule has 4 heteroatoms. The van der Waals surface area contributed by atoms with E-state index in [-0.39, 0.29) is 0 Å². The van der Waals surface area contributed by atoms with Gasteiger partial charge < -0.3 is 10.3 Å². The summed E-state index contributed by atoms with van der Waals surface area (Å²) in [5.74, 6) is 0.496. The Morgan fingerprint density at radius 1 is 0.537 bits per heavy atom. The fraction of sp³-hybridized carbons (Fsp3) is 0.0200. The molecule has 0 radical (unpaired) electrons. The molecule has 54 heavy (non-hydrogen) atoms. The summed E-state index contributed by atoms with van der Waals surface area (Å²) in [5, 5.41) is 7.40. The Morgan fingerprint density at radius 2 is 1.20 bits per heavy atom. The highest BCUT2D eigenvalue weighted by Gasteiger charge is 2.16. The van der Waals surface area contributed by atoms with Gasteiger partial charge in [-0.15, -0.1) is 11.3 Å². The quantitative estimate of drug-likeness (QED) is 0.130. The molecule has 0 aliphatic heterocycles. The van der Waals surface area contributed by atoms with Crippen molar-refractivity contribution in [3.8, 4) is 16.8 Å². The molecule has 256 valence electrons. The third-order valence-corrected chi connectivity index (χ3v) is 11.6. The van der Waals surface area contributed by atoms with Gasteiger partial charge in [0.25, 0.3) is 0 Å². The number of benzene rings is 8. The number of allylic oxidation sites excluding steroid dienone is 1. The maximum Gasteiger partial charge on any atom is 0.131 e. The van der Waals surface area contributed by atoms with Crippen molar-refractivity contribution in [3.05, 3.63) is 205 Å². The number of nitrogens with two attached hydrogens (primary N) is 1. The van der Waals surface area contributed by atoms with Gasteiger partial charge in [0.05, 0.1) is 16.7 Å². The Kier molecular flexibility index (Phi) is 7.89. The number of rotatable bonds is 7. The van der Waals surface area contributed by atoms with Gasteiger partial charge in [-0.1, -0.05) is 146 Å². The number of fused-ring (bicyclic) bond motifs is 7. The number of nitrogens with zero attached hydrogens (tertiary/aromatic N) is 2. The average Bonchev–Trinajstić information content (AvgIpc) is 3.77. The van der Waals surface area contributed by atoms with Crippen LogP contribution >= 0.6 is 11.3 Å². The monoisotopic (exact) mass is 709 g/mol. The van der Waals surface area contributed by atoms with Gasteiger partial charge in [-0.2, -0.15) is 0 Å². The van der Waals surface area contributed by atoms with Gasteiger partial charge in [-0.05, 0) is 76.3 Å². The predicted molar refractivity (Wildman–Crippen MR) is 232 cm³/mol. The molecule has 10 aromatic rings. The Morgan fingerprint density at radius 3 is 2.04 bits per heavy atom. The van der Waals surface area contributed by atoms with E-state index in [1.165, 1.54) is 64.1 Å². The fourth-order valence-corrected chi connectivity index (χ4v) is 9.07. The number of hydrogen-bond donors (Lipinski definition) is 1. The maximum atomic E-state index is 6.74. The van der Waals surface area contributed by atoms with Crippen LogP contribution in [0.4, 0.5) is 0 Å². The molecule has 0 bridgehead atoms. The van der Waals surface area contributed by atoms with Crippen molar-refractivity contribution in [3.63, 3.8) is 0 Å². The second-order valence-electron chi connectivity index (χ2n) is 13.7. The van der Waals surface area contributed by atoms with Crippen LogP contribution < -0.4 is 5.73 Å². The second kappa shape index (κ2) is 13.3. The highest BCUT2D eigenvalue weighted by atomic mass is 32.1. The van der Waals surface area contributed by atoms with Crippen LogP contribution in [0, 0.1) is 0 Å². The Hall–Kier alpha value is -6.75. The van der Waals surface area contributed by atoms with Gasteiger partial charge in [-0.3, -0.25) is 0 Å². The van der Waals surface area contributed by atoms with Gasteiger partial charge in [0.15, 0.2) is 0 Å². The minimum atomic E-state index is 0.496. The molecule has 8 aromatic carbocycles. The first-order valence-corrected chi connectivity index (χ1v) is 19.1. The number of thiophene rings is 1. The molecule has 10 rings (SSSR count). The highest BCUT2D eigenvalue weighted by molar-refractivity contribution is 7.25. The Bertz CT molecular complexity index is 3080. The van der Waals surface area contributed by atoms with E-state index in [2.05, 4.69) is 162 Å². The van der Waals surface area contributed by atoms with Crippen LogP contribution in [0.1, 0.15) is 16.7 Å². The zero-order chi connectivity index (χ0) is 36.0. The van der Waals surface area contributed by atoms with Crippen molar-refractivity contribution in [2.45, 2.75) is 6.42 Å². The van der Waals surface area contributed by atoms with Gasteiger partial charge in [0.2, 0.25) is 0 Å². The van der Waals surface area contributed by atoms with Gasteiger partial charge in [0, 0.05) is 47.8 Å². The highest BCUT2D eigenvalue weighted by Crippen LogP contribution is 2.39. The van der Waals surface area contributed by atoms with Crippen LogP contribution in [0.5, 0.6) is 0 Å². The molecule has 0 aliphatic rings. The van der Waals surface area contributed by atoms with E-state index in [0.29, 0.717) is 5.84 Å². The smallest absolute Gasteiger partial charge is 0.131 e. The zero-order valence-electron chi connectivity index (χ0n) is 29.5. The van der Waals surface area contributed by atoms with E-state index in [9.17, 15) is 0 Å². The lowest BCUT2D eigenvalue weighted by atomic mass is 9.92. The third kappa shape index (κ3) is 5.56. The summed E-state index contributed by atoms with van der Waals surface area (Å²) in [4.78, 5) is 5.14. The molecule has 2 N–H and O–H groups in total. The Labute approximate surface area is 317 Å². The van der Waals surface area contributed by atoms with Crippen LogP contribution in [0.15, 0.2) is 193 Å². The largest absolute Gasteiger partial charge is 0.383 e. The van der Waals surface area contributed by atoms with E-state index >= 15 is 0 Å². The summed E-state index contributed by atoms with van der Waals surface area (Å²) in [6, 6.07) is 64.8. The lowest BCUT2D eigenvalue weighted by molar-refractivity contribution is 1.18. The van der Waals surface area contributed by atoms with Crippen molar-refractivity contribution in [2.75, 3.05) is 0 Å². The number of aromatic nitrogens is 1. The van der Waals surface area contributed by atoms with Crippen LogP contribution in [-0.2, 0) is 6.42 Å². The molecule has 0 amide bonds.